The van der Waals surface area contributed by atoms with Gasteiger partial charge in [-0.15, -0.1) is 0 Å². The summed E-state index contributed by atoms with van der Waals surface area (Å²) >= 11 is 12.2. The highest BCUT2D eigenvalue weighted by Crippen LogP contribution is 2.56. The van der Waals surface area contributed by atoms with Gasteiger partial charge in [-0.3, -0.25) is 9.69 Å². The number of nitriles is 1. The van der Waals surface area contributed by atoms with E-state index in [0.717, 1.165) is 6.07 Å². The van der Waals surface area contributed by atoms with Crippen LogP contribution in [-0.2, 0) is 10.2 Å². The second-order valence-electron chi connectivity index (χ2n) is 11.0. The number of amides is 1. The fourth-order valence-electron chi connectivity index (χ4n) is 5.45. The molecule has 2 aromatic rings. The van der Waals surface area contributed by atoms with E-state index in [1.54, 1.807) is 11.0 Å². The Kier molecular flexibility index (Phi) is 9.77. The zero-order valence-corrected chi connectivity index (χ0v) is 23.2. The molecule has 1 fully saturated rings. The van der Waals surface area contributed by atoms with E-state index in [1.807, 2.05) is 20.8 Å². The molecule has 1 saturated heterocycles. The molecule has 0 radical (unpaired) electrons. The van der Waals surface area contributed by atoms with E-state index < -0.39 is 47.6 Å². The van der Waals surface area contributed by atoms with Gasteiger partial charge in [-0.1, -0.05) is 62.2 Å². The number of halogens is 4. The van der Waals surface area contributed by atoms with Gasteiger partial charge in [0, 0.05) is 29.2 Å². The number of nitrogens with one attached hydrogen (secondary N) is 1. The number of benzene rings is 2. The number of nitrogens with zero attached hydrogens (tertiary/aromatic N) is 2. The van der Waals surface area contributed by atoms with Crippen LogP contribution < -0.4 is 5.32 Å². The Morgan fingerprint density at radius 1 is 1.29 bits per heavy atom. The lowest BCUT2D eigenvalue weighted by Gasteiger charge is -2.38. The average molecular weight is 568 g/mol. The zero-order valence-electron chi connectivity index (χ0n) is 21.6. The number of aliphatic hydroxyl groups is 2. The second-order valence-corrected chi connectivity index (χ2v) is 11.9. The van der Waals surface area contributed by atoms with E-state index in [4.69, 9.17) is 28.3 Å². The highest BCUT2D eigenvalue weighted by molar-refractivity contribution is 6.31. The lowest BCUT2D eigenvalue weighted by molar-refractivity contribution is -0.122. The number of hydrogen-bond acceptors (Lipinski definition) is 5. The maximum absolute atomic E-state index is 15.6. The summed E-state index contributed by atoms with van der Waals surface area (Å²) in [6.45, 7) is 5.72. The van der Waals surface area contributed by atoms with Gasteiger partial charge in [-0.05, 0) is 42.4 Å². The van der Waals surface area contributed by atoms with Crippen molar-refractivity contribution in [2.45, 2.75) is 51.2 Å². The lowest BCUT2D eigenvalue weighted by Crippen LogP contribution is -2.42. The number of likely N-dealkylation sites (tertiary alicyclic amines) is 1. The van der Waals surface area contributed by atoms with Crippen molar-refractivity contribution >= 4 is 29.1 Å². The van der Waals surface area contributed by atoms with Gasteiger partial charge in [0.1, 0.15) is 17.0 Å². The van der Waals surface area contributed by atoms with Gasteiger partial charge >= 0.3 is 0 Å². The van der Waals surface area contributed by atoms with Crippen molar-refractivity contribution in [2.75, 3.05) is 26.2 Å². The third-order valence-corrected chi connectivity index (χ3v) is 7.48. The number of rotatable bonds is 9. The predicted octanol–water partition coefficient (Wildman–Crippen LogP) is 5.00. The molecule has 0 unspecified atom stereocenters. The summed E-state index contributed by atoms with van der Waals surface area (Å²) in [6, 6.07) is 9.89. The number of hydrogen-bond donors (Lipinski definition) is 3. The van der Waals surface area contributed by atoms with E-state index >= 15 is 8.78 Å². The van der Waals surface area contributed by atoms with Crippen LogP contribution in [0.25, 0.3) is 0 Å². The summed E-state index contributed by atoms with van der Waals surface area (Å²) in [5.74, 6) is -2.31. The molecule has 3 N–H and O–H groups in total. The van der Waals surface area contributed by atoms with Gasteiger partial charge in [-0.2, -0.15) is 5.26 Å². The molecule has 0 aliphatic carbocycles. The minimum absolute atomic E-state index is 0.0806. The van der Waals surface area contributed by atoms with Gasteiger partial charge in [0.15, 0.2) is 0 Å². The highest BCUT2D eigenvalue weighted by Gasteiger charge is 2.58. The summed E-state index contributed by atoms with van der Waals surface area (Å²) in [5.41, 5.74) is -1.67. The third kappa shape index (κ3) is 6.47. The monoisotopic (exact) mass is 567 g/mol. The first kappa shape index (κ1) is 30.3. The Bertz CT molecular complexity index is 1200. The molecular formula is C28H33Cl2F2N3O3. The SMILES string of the molecule is CC(C)(C)C[C@@H]1CN(CC(=O)NCC[C@H](O)CO)[C@H](c2cccc(Cl)c2F)[C@@]1(C#N)c1ccc(Cl)cc1F. The standard InChI is InChI=1S/C28H33Cl2F2N3O3/c1-27(2,3)12-17-13-35(14-24(38)34-10-9-19(37)15-36)26(20-5-4-6-22(30)25(20)32)28(17,16-33)21-8-7-18(29)11-23(21)31/h4-8,11,17,19,26,36-37H,9-10,12-15H2,1-3H3,(H,34,38)/t17-,19+,26-,28-/m1/s1. The first-order valence-electron chi connectivity index (χ1n) is 12.4. The predicted molar refractivity (Wildman–Crippen MR) is 143 cm³/mol. The Hall–Kier alpha value is -2.28. The van der Waals surface area contributed by atoms with Crippen LogP contribution in [-0.4, -0.2) is 53.4 Å². The van der Waals surface area contributed by atoms with E-state index in [1.165, 1.54) is 24.3 Å². The lowest BCUT2D eigenvalue weighted by atomic mass is 9.63. The summed E-state index contributed by atoms with van der Waals surface area (Å²) in [5, 5.41) is 32.1. The highest BCUT2D eigenvalue weighted by atomic mass is 35.5. The Morgan fingerprint density at radius 3 is 2.61 bits per heavy atom. The molecule has 10 heteroatoms. The maximum Gasteiger partial charge on any atom is 0.234 e. The van der Waals surface area contributed by atoms with Gasteiger partial charge in [0.2, 0.25) is 5.91 Å². The van der Waals surface area contributed by atoms with Crippen molar-refractivity contribution in [3.63, 3.8) is 0 Å². The fraction of sp³-hybridized carbons (Fsp3) is 0.500. The van der Waals surface area contributed by atoms with Crippen LogP contribution in [0.15, 0.2) is 36.4 Å². The van der Waals surface area contributed by atoms with Crippen molar-refractivity contribution in [3.05, 3.63) is 69.2 Å². The molecule has 6 nitrogen and oxygen atoms in total. The van der Waals surface area contributed by atoms with E-state index in [0.29, 0.717) is 6.42 Å². The van der Waals surface area contributed by atoms with Crippen molar-refractivity contribution in [2.24, 2.45) is 11.3 Å². The van der Waals surface area contributed by atoms with Gasteiger partial charge < -0.3 is 15.5 Å². The van der Waals surface area contributed by atoms with Crippen molar-refractivity contribution in [3.8, 4) is 6.07 Å². The number of carbonyl (C=O) groups excluding carboxylic acids is 1. The molecule has 1 aliphatic rings. The van der Waals surface area contributed by atoms with E-state index in [2.05, 4.69) is 11.4 Å². The molecule has 3 rings (SSSR count). The van der Waals surface area contributed by atoms with Crippen molar-refractivity contribution in [1.82, 2.24) is 10.2 Å². The molecule has 38 heavy (non-hydrogen) atoms. The Labute approximate surface area is 232 Å². The van der Waals surface area contributed by atoms with Gasteiger partial charge in [-0.25, -0.2) is 8.78 Å². The second kappa shape index (κ2) is 12.3. The van der Waals surface area contributed by atoms with Crippen LogP contribution >= 0.6 is 23.2 Å². The topological polar surface area (TPSA) is 96.6 Å². The molecule has 206 valence electrons. The van der Waals surface area contributed by atoms with Crippen LogP contribution in [0.2, 0.25) is 10.0 Å². The molecular weight excluding hydrogens is 535 g/mol. The molecule has 1 heterocycles. The van der Waals surface area contributed by atoms with Gasteiger partial charge in [0.25, 0.3) is 0 Å². The minimum Gasteiger partial charge on any atom is -0.394 e. The first-order valence-corrected chi connectivity index (χ1v) is 13.2. The molecule has 0 aromatic heterocycles. The normalized spacial score (nSPS) is 22.7. The Morgan fingerprint density at radius 2 is 2.00 bits per heavy atom. The van der Waals surface area contributed by atoms with Crippen molar-refractivity contribution < 1.29 is 23.8 Å². The smallest absolute Gasteiger partial charge is 0.234 e. The summed E-state index contributed by atoms with van der Waals surface area (Å²) in [4.78, 5) is 14.6. The molecule has 0 bridgehead atoms. The molecule has 0 saturated carbocycles. The zero-order chi connectivity index (χ0) is 28.3. The van der Waals surface area contributed by atoms with Crippen LogP contribution in [0.4, 0.5) is 8.78 Å². The first-order chi connectivity index (χ1) is 17.8. The van der Waals surface area contributed by atoms with Gasteiger partial charge in [0.05, 0.1) is 36.4 Å². The number of carbonyl (C=O) groups is 1. The van der Waals surface area contributed by atoms with Crippen LogP contribution in [0.1, 0.15) is 50.8 Å². The summed E-state index contributed by atoms with van der Waals surface area (Å²) < 4.78 is 31.2. The quantitative estimate of drug-likeness (QED) is 0.396. The molecule has 1 amide bonds. The van der Waals surface area contributed by atoms with Crippen molar-refractivity contribution in [1.29, 1.82) is 5.26 Å². The molecule has 2 aromatic carbocycles. The Balaban J connectivity index is 2.16. The van der Waals surface area contributed by atoms with E-state index in [-0.39, 0.29) is 52.6 Å². The fourth-order valence-corrected chi connectivity index (χ4v) is 5.79. The van der Waals surface area contributed by atoms with E-state index in [9.17, 15) is 15.2 Å². The summed E-state index contributed by atoms with van der Waals surface area (Å²) in [6.07, 6.45) is -0.327. The summed E-state index contributed by atoms with van der Waals surface area (Å²) in [7, 11) is 0. The van der Waals surface area contributed by atoms with Crippen LogP contribution in [0.3, 0.4) is 0 Å². The minimum atomic E-state index is -1.57. The van der Waals surface area contributed by atoms with Crippen LogP contribution in [0, 0.1) is 34.3 Å². The largest absolute Gasteiger partial charge is 0.394 e. The molecule has 4 atom stereocenters. The van der Waals surface area contributed by atoms with Crippen LogP contribution in [0.5, 0.6) is 0 Å². The maximum atomic E-state index is 15.6. The third-order valence-electron chi connectivity index (χ3n) is 6.95. The molecule has 1 aliphatic heterocycles. The number of aliphatic hydroxyl groups excluding tert-OH is 2. The molecule has 0 spiro atoms. The average Bonchev–Trinajstić information content (AvgIpc) is 3.12.